The van der Waals surface area contributed by atoms with Gasteiger partial charge in [-0.3, -0.25) is 9.59 Å². The van der Waals surface area contributed by atoms with E-state index in [4.69, 9.17) is 0 Å². The number of rotatable bonds is 5. The quantitative estimate of drug-likeness (QED) is 0.911. The first kappa shape index (κ1) is 16.2. The number of nitrogens with zero attached hydrogens (tertiary/aromatic N) is 3. The first-order valence-electron chi connectivity index (χ1n) is 8.21. The molecule has 0 bridgehead atoms. The van der Waals surface area contributed by atoms with Crippen molar-refractivity contribution in [2.45, 2.75) is 33.5 Å². The monoisotopic (exact) mass is 326 g/mol. The van der Waals surface area contributed by atoms with E-state index in [9.17, 15) is 9.59 Å². The molecule has 6 heteroatoms. The number of amides is 2. The van der Waals surface area contributed by atoms with Crippen LogP contribution in [0.4, 0.5) is 0 Å². The smallest absolute Gasteiger partial charge is 0.290 e. The first-order valence-corrected chi connectivity index (χ1v) is 8.21. The minimum absolute atomic E-state index is 0.0157. The largest absolute Gasteiger partial charge is 0.350 e. The lowest BCUT2D eigenvalue weighted by Crippen LogP contribution is -2.39. The Morgan fingerprint density at radius 2 is 2.00 bits per heavy atom. The molecule has 24 heavy (non-hydrogen) atoms. The Balaban J connectivity index is 1.68. The van der Waals surface area contributed by atoms with Crippen molar-refractivity contribution in [2.24, 2.45) is 5.92 Å². The Labute approximate surface area is 141 Å². The van der Waals surface area contributed by atoms with Gasteiger partial charge in [0.2, 0.25) is 5.91 Å². The van der Waals surface area contributed by atoms with Crippen molar-refractivity contribution in [3.63, 3.8) is 0 Å². The van der Waals surface area contributed by atoms with E-state index < -0.39 is 0 Å². The zero-order valence-corrected chi connectivity index (χ0v) is 14.0. The molecule has 2 aromatic rings. The van der Waals surface area contributed by atoms with Crippen molar-refractivity contribution in [1.29, 1.82) is 0 Å². The number of aromatic nitrogens is 2. The highest BCUT2D eigenvalue weighted by molar-refractivity contribution is 5.91. The molecule has 0 radical (unpaired) electrons. The van der Waals surface area contributed by atoms with E-state index in [-0.39, 0.29) is 17.7 Å². The van der Waals surface area contributed by atoms with Gasteiger partial charge in [0.25, 0.3) is 5.91 Å². The molecule has 2 amide bonds. The molecule has 0 aliphatic carbocycles. The fourth-order valence-electron chi connectivity index (χ4n) is 2.70. The molecule has 2 heterocycles. The van der Waals surface area contributed by atoms with Gasteiger partial charge in [-0.25, -0.2) is 4.98 Å². The summed E-state index contributed by atoms with van der Waals surface area (Å²) < 4.78 is 1.88. The maximum absolute atomic E-state index is 12.6. The lowest BCUT2D eigenvalue weighted by atomic mass is 10.2. The molecule has 1 aliphatic heterocycles. The highest BCUT2D eigenvalue weighted by atomic mass is 16.2. The number of hydrogen-bond acceptors (Lipinski definition) is 3. The summed E-state index contributed by atoms with van der Waals surface area (Å²) in [5, 5.41) is 2.83. The molecular formula is C18H22N4O2. The first-order chi connectivity index (χ1) is 11.5. The lowest BCUT2D eigenvalue weighted by molar-refractivity contribution is -0.124. The van der Waals surface area contributed by atoms with Crippen LogP contribution in [0, 0.1) is 5.92 Å². The summed E-state index contributed by atoms with van der Waals surface area (Å²) in [4.78, 5) is 30.5. The lowest BCUT2D eigenvalue weighted by Gasteiger charge is -2.27. The second-order valence-electron chi connectivity index (χ2n) is 6.33. The van der Waals surface area contributed by atoms with E-state index in [1.54, 1.807) is 0 Å². The summed E-state index contributed by atoms with van der Waals surface area (Å²) in [5.41, 5.74) is 1.82. The van der Waals surface area contributed by atoms with Crippen LogP contribution in [0.2, 0.25) is 0 Å². The van der Waals surface area contributed by atoms with Crippen LogP contribution < -0.4 is 5.32 Å². The van der Waals surface area contributed by atoms with Gasteiger partial charge in [0.15, 0.2) is 5.82 Å². The average molecular weight is 326 g/mol. The third kappa shape index (κ3) is 3.48. The number of carbonyl (C=O) groups excluding carboxylic acids is 2. The van der Waals surface area contributed by atoms with Crippen molar-refractivity contribution < 1.29 is 9.59 Å². The third-order valence-electron chi connectivity index (χ3n) is 4.10. The van der Waals surface area contributed by atoms with E-state index in [2.05, 4.69) is 10.3 Å². The van der Waals surface area contributed by atoms with Crippen LogP contribution in [0.5, 0.6) is 0 Å². The number of hydrogen-bond donors (Lipinski definition) is 1. The minimum Gasteiger partial charge on any atom is -0.350 e. The zero-order chi connectivity index (χ0) is 17.1. The Bertz CT molecular complexity index is 737. The standard InChI is InChI=1S/C18H22N4O2/c1-13(2)17(23)19-10-15-12-21-8-9-22(18(24)16(21)20-15)11-14-6-4-3-5-7-14/h3-7,12-13H,8-11H2,1-2H3,(H,19,23). The van der Waals surface area contributed by atoms with Crippen LogP contribution in [0.25, 0.3) is 0 Å². The Kier molecular flexibility index (Phi) is 4.64. The van der Waals surface area contributed by atoms with Gasteiger partial charge in [0.05, 0.1) is 12.2 Å². The van der Waals surface area contributed by atoms with E-state index in [1.807, 2.05) is 59.8 Å². The van der Waals surface area contributed by atoms with Crippen LogP contribution in [-0.4, -0.2) is 32.8 Å². The molecule has 6 nitrogen and oxygen atoms in total. The highest BCUT2D eigenvalue weighted by Gasteiger charge is 2.26. The van der Waals surface area contributed by atoms with Crippen LogP contribution >= 0.6 is 0 Å². The van der Waals surface area contributed by atoms with Gasteiger partial charge >= 0.3 is 0 Å². The molecule has 1 aliphatic rings. The average Bonchev–Trinajstić information content (AvgIpc) is 3.00. The number of fused-ring (bicyclic) bond motifs is 1. The molecule has 0 spiro atoms. The van der Waals surface area contributed by atoms with Gasteiger partial charge in [0, 0.05) is 31.7 Å². The van der Waals surface area contributed by atoms with Gasteiger partial charge in [-0.15, -0.1) is 0 Å². The van der Waals surface area contributed by atoms with Crippen LogP contribution in [0.3, 0.4) is 0 Å². The van der Waals surface area contributed by atoms with Crippen LogP contribution in [0.15, 0.2) is 36.5 Å². The molecule has 0 unspecified atom stereocenters. The number of nitrogens with one attached hydrogen (secondary N) is 1. The minimum atomic E-state index is -0.0646. The number of carbonyl (C=O) groups is 2. The maximum Gasteiger partial charge on any atom is 0.290 e. The summed E-state index contributed by atoms with van der Waals surface area (Å²) in [7, 11) is 0. The van der Waals surface area contributed by atoms with Gasteiger partial charge in [-0.1, -0.05) is 44.2 Å². The Hall–Kier alpha value is -2.63. The van der Waals surface area contributed by atoms with Gasteiger partial charge < -0.3 is 14.8 Å². The van der Waals surface area contributed by atoms with E-state index >= 15 is 0 Å². The van der Waals surface area contributed by atoms with E-state index in [1.165, 1.54) is 0 Å². The molecule has 0 saturated carbocycles. The fraction of sp³-hybridized carbons (Fsp3) is 0.389. The molecular weight excluding hydrogens is 304 g/mol. The topological polar surface area (TPSA) is 67.2 Å². The predicted molar refractivity (Wildman–Crippen MR) is 90.1 cm³/mol. The number of imidazole rings is 1. The molecule has 1 aromatic heterocycles. The maximum atomic E-state index is 12.6. The van der Waals surface area contributed by atoms with Gasteiger partial charge in [-0.05, 0) is 5.56 Å². The van der Waals surface area contributed by atoms with Crippen molar-refractivity contribution in [3.05, 3.63) is 53.6 Å². The van der Waals surface area contributed by atoms with Crippen molar-refractivity contribution in [2.75, 3.05) is 6.54 Å². The van der Waals surface area contributed by atoms with Crippen LogP contribution in [-0.2, 0) is 24.4 Å². The van der Waals surface area contributed by atoms with E-state index in [0.717, 1.165) is 12.1 Å². The number of benzene rings is 1. The summed E-state index contributed by atoms with van der Waals surface area (Å²) in [6, 6.07) is 9.94. The second-order valence-corrected chi connectivity index (χ2v) is 6.33. The van der Waals surface area contributed by atoms with Gasteiger partial charge in [0.1, 0.15) is 0 Å². The summed E-state index contributed by atoms with van der Waals surface area (Å²) in [6.45, 7) is 6.01. The van der Waals surface area contributed by atoms with Crippen molar-refractivity contribution >= 4 is 11.8 Å². The van der Waals surface area contributed by atoms with E-state index in [0.29, 0.717) is 31.2 Å². The molecule has 0 atom stereocenters. The Morgan fingerprint density at radius 3 is 2.71 bits per heavy atom. The van der Waals surface area contributed by atoms with Crippen molar-refractivity contribution in [1.82, 2.24) is 19.8 Å². The SMILES string of the molecule is CC(C)C(=O)NCc1cn2c(n1)C(=O)N(Cc1ccccc1)CC2. The summed E-state index contributed by atoms with van der Waals surface area (Å²) >= 11 is 0. The molecule has 0 saturated heterocycles. The highest BCUT2D eigenvalue weighted by Crippen LogP contribution is 2.16. The molecule has 1 N–H and O–H groups in total. The molecule has 3 rings (SSSR count). The third-order valence-corrected chi connectivity index (χ3v) is 4.10. The second kappa shape index (κ2) is 6.86. The summed E-state index contributed by atoms with van der Waals surface area (Å²) in [5.74, 6) is 0.306. The van der Waals surface area contributed by atoms with Crippen molar-refractivity contribution in [3.8, 4) is 0 Å². The molecule has 126 valence electrons. The molecule has 1 aromatic carbocycles. The zero-order valence-electron chi connectivity index (χ0n) is 14.0. The van der Waals surface area contributed by atoms with Gasteiger partial charge in [-0.2, -0.15) is 0 Å². The summed E-state index contributed by atoms with van der Waals surface area (Å²) in [6.07, 6.45) is 1.85. The predicted octanol–water partition coefficient (Wildman–Crippen LogP) is 1.81. The normalized spacial score (nSPS) is 14.0. The van der Waals surface area contributed by atoms with Crippen LogP contribution in [0.1, 0.15) is 35.7 Å². The Morgan fingerprint density at radius 1 is 1.25 bits per heavy atom. The molecule has 0 fully saturated rings. The fourth-order valence-corrected chi connectivity index (χ4v) is 2.70.